The maximum absolute atomic E-state index is 13.2. The Bertz CT molecular complexity index is 1050. The van der Waals surface area contributed by atoms with E-state index >= 15 is 0 Å². The molecule has 3 amide bonds. The van der Waals surface area contributed by atoms with Crippen LogP contribution in [0.4, 0.5) is 4.39 Å². The minimum atomic E-state index is -0.390. The van der Waals surface area contributed by atoms with Crippen LogP contribution in [0.25, 0.3) is 0 Å². The Morgan fingerprint density at radius 2 is 1.59 bits per heavy atom. The number of nitrogens with zero attached hydrogens (tertiary/aromatic N) is 1. The second kappa shape index (κ2) is 11.1. The molecule has 0 spiro atoms. The summed E-state index contributed by atoms with van der Waals surface area (Å²) in [5, 5.41) is 6.18. The monoisotopic (exact) mass is 529 g/mol. The van der Waals surface area contributed by atoms with E-state index in [0.29, 0.717) is 24.2 Å². The van der Waals surface area contributed by atoms with E-state index < -0.39 is 0 Å². The summed E-state index contributed by atoms with van der Waals surface area (Å²) >= 11 is 3.40. The SMILES string of the molecule is O=C(N[C@@H]1CCCC[C@H]1NC(=O)C1CCCN(C(=O)c2cccc(Br)c2)C1)c1ccc(F)cc1. The molecular weight excluding hydrogens is 501 g/mol. The van der Waals surface area contributed by atoms with Gasteiger partial charge >= 0.3 is 0 Å². The van der Waals surface area contributed by atoms with Gasteiger partial charge < -0.3 is 15.5 Å². The van der Waals surface area contributed by atoms with Crippen LogP contribution < -0.4 is 10.6 Å². The van der Waals surface area contributed by atoms with Gasteiger partial charge in [-0.2, -0.15) is 0 Å². The molecule has 2 aliphatic rings. The number of piperidine rings is 1. The molecule has 1 heterocycles. The van der Waals surface area contributed by atoms with Crippen LogP contribution in [0.1, 0.15) is 59.2 Å². The summed E-state index contributed by atoms with van der Waals surface area (Å²) in [6.07, 6.45) is 5.01. The molecule has 2 aromatic carbocycles. The molecule has 8 heteroatoms. The lowest BCUT2D eigenvalue weighted by atomic mass is 9.88. The Labute approximate surface area is 207 Å². The molecule has 180 valence electrons. The topological polar surface area (TPSA) is 78.5 Å². The Hall–Kier alpha value is -2.74. The molecule has 0 aromatic heterocycles. The van der Waals surface area contributed by atoms with Gasteiger partial charge in [0.25, 0.3) is 11.8 Å². The predicted octanol–water partition coefficient (Wildman–Crippen LogP) is 4.30. The van der Waals surface area contributed by atoms with Gasteiger partial charge in [-0.1, -0.05) is 34.8 Å². The van der Waals surface area contributed by atoms with Crippen molar-refractivity contribution >= 4 is 33.7 Å². The summed E-state index contributed by atoms with van der Waals surface area (Å²) in [5.74, 6) is -1.07. The van der Waals surface area contributed by atoms with Crippen LogP contribution in [0, 0.1) is 11.7 Å². The zero-order valence-electron chi connectivity index (χ0n) is 18.9. The Kier molecular flexibility index (Phi) is 7.98. The van der Waals surface area contributed by atoms with Gasteiger partial charge in [-0.25, -0.2) is 4.39 Å². The van der Waals surface area contributed by atoms with Gasteiger partial charge in [0, 0.05) is 40.8 Å². The quantitative estimate of drug-likeness (QED) is 0.606. The summed E-state index contributed by atoms with van der Waals surface area (Å²) < 4.78 is 14.0. The lowest BCUT2D eigenvalue weighted by molar-refractivity contribution is -0.127. The molecule has 2 fully saturated rings. The summed E-state index contributed by atoms with van der Waals surface area (Å²) in [6.45, 7) is 1.02. The average Bonchev–Trinajstić information content (AvgIpc) is 2.85. The third-order valence-corrected chi connectivity index (χ3v) is 7.16. The minimum absolute atomic E-state index is 0.0686. The molecule has 2 N–H and O–H groups in total. The lowest BCUT2D eigenvalue weighted by Crippen LogP contribution is -2.55. The van der Waals surface area contributed by atoms with Gasteiger partial charge in [-0.15, -0.1) is 0 Å². The number of nitrogens with one attached hydrogen (secondary N) is 2. The molecular formula is C26H29BrFN3O3. The molecule has 34 heavy (non-hydrogen) atoms. The van der Waals surface area contributed by atoms with Crippen LogP contribution in [0.5, 0.6) is 0 Å². The minimum Gasteiger partial charge on any atom is -0.351 e. The van der Waals surface area contributed by atoms with Gasteiger partial charge in [-0.05, 0) is 68.1 Å². The predicted molar refractivity (Wildman–Crippen MR) is 131 cm³/mol. The number of hydrogen-bond donors (Lipinski definition) is 2. The fourth-order valence-electron chi connectivity index (χ4n) is 4.81. The highest BCUT2D eigenvalue weighted by Gasteiger charge is 2.33. The fraction of sp³-hybridized carbons (Fsp3) is 0.423. The van der Waals surface area contributed by atoms with Crippen molar-refractivity contribution in [3.63, 3.8) is 0 Å². The number of hydrogen-bond acceptors (Lipinski definition) is 3. The van der Waals surface area contributed by atoms with Crippen LogP contribution >= 0.6 is 15.9 Å². The molecule has 1 aliphatic carbocycles. The van der Waals surface area contributed by atoms with Gasteiger partial charge in [-0.3, -0.25) is 14.4 Å². The van der Waals surface area contributed by atoms with E-state index in [0.717, 1.165) is 43.0 Å². The van der Waals surface area contributed by atoms with Crippen molar-refractivity contribution in [2.24, 2.45) is 5.92 Å². The van der Waals surface area contributed by atoms with Crippen molar-refractivity contribution in [3.8, 4) is 0 Å². The first kappa shape index (κ1) is 24.4. The number of amides is 3. The molecule has 0 radical (unpaired) electrons. The van der Waals surface area contributed by atoms with Crippen molar-refractivity contribution < 1.29 is 18.8 Å². The molecule has 6 nitrogen and oxygen atoms in total. The first-order chi connectivity index (χ1) is 16.4. The zero-order valence-corrected chi connectivity index (χ0v) is 20.5. The van der Waals surface area contributed by atoms with Crippen molar-refractivity contribution in [2.45, 2.75) is 50.6 Å². The molecule has 1 unspecified atom stereocenters. The normalized spacial score (nSPS) is 22.6. The van der Waals surface area contributed by atoms with E-state index in [1.54, 1.807) is 17.0 Å². The molecule has 1 saturated heterocycles. The van der Waals surface area contributed by atoms with Crippen molar-refractivity contribution in [1.82, 2.24) is 15.5 Å². The number of carbonyl (C=O) groups is 3. The maximum atomic E-state index is 13.2. The summed E-state index contributed by atoms with van der Waals surface area (Å²) in [4.78, 5) is 40.5. The summed E-state index contributed by atoms with van der Waals surface area (Å²) in [6, 6.07) is 12.4. The third kappa shape index (κ3) is 6.03. The van der Waals surface area contributed by atoms with Crippen LogP contribution in [-0.4, -0.2) is 47.8 Å². The lowest BCUT2D eigenvalue weighted by Gasteiger charge is -2.36. The molecule has 2 aromatic rings. The van der Waals surface area contributed by atoms with Gasteiger partial charge in [0.05, 0.1) is 5.92 Å². The number of likely N-dealkylation sites (tertiary alicyclic amines) is 1. The first-order valence-corrected chi connectivity index (χ1v) is 12.6. The summed E-state index contributed by atoms with van der Waals surface area (Å²) in [7, 11) is 0. The average molecular weight is 530 g/mol. The molecule has 3 atom stereocenters. The second-order valence-corrected chi connectivity index (χ2v) is 10.0. The van der Waals surface area contributed by atoms with Crippen LogP contribution in [0.2, 0.25) is 0 Å². The van der Waals surface area contributed by atoms with E-state index in [1.807, 2.05) is 12.1 Å². The van der Waals surface area contributed by atoms with E-state index in [4.69, 9.17) is 0 Å². The van der Waals surface area contributed by atoms with Crippen molar-refractivity contribution in [2.75, 3.05) is 13.1 Å². The van der Waals surface area contributed by atoms with E-state index in [2.05, 4.69) is 26.6 Å². The Balaban J connectivity index is 1.36. The van der Waals surface area contributed by atoms with Crippen LogP contribution in [0.3, 0.4) is 0 Å². The molecule has 0 bridgehead atoms. The number of benzene rings is 2. The van der Waals surface area contributed by atoms with E-state index in [1.165, 1.54) is 24.3 Å². The van der Waals surface area contributed by atoms with Gasteiger partial charge in [0.2, 0.25) is 5.91 Å². The van der Waals surface area contributed by atoms with Crippen LogP contribution in [0.15, 0.2) is 53.0 Å². The Morgan fingerprint density at radius 1 is 0.882 bits per heavy atom. The summed E-state index contributed by atoms with van der Waals surface area (Å²) in [5.41, 5.74) is 0.998. The fourth-order valence-corrected chi connectivity index (χ4v) is 5.21. The number of rotatable bonds is 5. The zero-order chi connectivity index (χ0) is 24.1. The molecule has 1 aliphatic heterocycles. The molecule has 1 saturated carbocycles. The number of carbonyl (C=O) groups excluding carboxylic acids is 3. The highest BCUT2D eigenvalue weighted by atomic mass is 79.9. The first-order valence-electron chi connectivity index (χ1n) is 11.8. The van der Waals surface area contributed by atoms with Gasteiger partial charge in [0.1, 0.15) is 5.82 Å². The second-order valence-electron chi connectivity index (χ2n) is 9.09. The smallest absolute Gasteiger partial charge is 0.253 e. The van der Waals surface area contributed by atoms with Gasteiger partial charge in [0.15, 0.2) is 0 Å². The maximum Gasteiger partial charge on any atom is 0.253 e. The van der Waals surface area contributed by atoms with Crippen LogP contribution in [-0.2, 0) is 4.79 Å². The highest BCUT2D eigenvalue weighted by molar-refractivity contribution is 9.10. The third-order valence-electron chi connectivity index (χ3n) is 6.67. The largest absolute Gasteiger partial charge is 0.351 e. The van der Waals surface area contributed by atoms with E-state index in [-0.39, 0.29) is 41.5 Å². The highest BCUT2D eigenvalue weighted by Crippen LogP contribution is 2.23. The standard InChI is InChI=1S/C26H29BrFN3O3/c27-20-7-3-5-18(15-20)26(34)31-14-4-6-19(16-31)25(33)30-23-9-2-1-8-22(23)29-24(32)17-10-12-21(28)13-11-17/h3,5,7,10-13,15,19,22-23H,1-2,4,6,8-9,14,16H2,(H,29,32)(H,30,33)/t19?,22-,23-/m1/s1. The van der Waals surface area contributed by atoms with E-state index in [9.17, 15) is 18.8 Å². The van der Waals surface area contributed by atoms with Crippen molar-refractivity contribution in [3.05, 3.63) is 69.9 Å². The Morgan fingerprint density at radius 3 is 2.29 bits per heavy atom. The van der Waals surface area contributed by atoms with Crippen molar-refractivity contribution in [1.29, 1.82) is 0 Å². The molecule has 4 rings (SSSR count). The number of halogens is 2.